The fraction of sp³-hybridized carbons (Fsp3) is 0.100. The smallest absolute Gasteiger partial charge is 0.150 e. The second-order valence-electron chi connectivity index (χ2n) is 2.32. The zero-order valence-corrected chi connectivity index (χ0v) is 6.91. The van der Waals surface area contributed by atoms with Gasteiger partial charge < -0.3 is 4.74 Å². The maximum absolute atomic E-state index is 10.4. The minimum absolute atomic E-state index is 0.609. The minimum atomic E-state index is 0.609. The number of ether oxygens (including phenoxy) is 1. The molecule has 0 unspecified atom stereocenters. The Kier molecular flexibility index (Phi) is 2.64. The van der Waals surface area contributed by atoms with E-state index in [2.05, 4.69) is 6.58 Å². The summed E-state index contributed by atoms with van der Waals surface area (Å²) in [5, 5.41) is 0. The standard InChI is InChI=1S/C10H10O2/c1-3-9-5-4-8(7-11)6-10(9)12-2/h3-7H,1H2,2H3. The van der Waals surface area contributed by atoms with Crippen LogP contribution in [-0.2, 0) is 0 Å². The second kappa shape index (κ2) is 3.72. The molecular weight excluding hydrogens is 152 g/mol. The summed E-state index contributed by atoms with van der Waals surface area (Å²) in [6, 6.07) is 5.21. The summed E-state index contributed by atoms with van der Waals surface area (Å²) in [6.07, 6.45) is 2.48. The Morgan fingerprint density at radius 2 is 2.25 bits per heavy atom. The van der Waals surface area contributed by atoms with E-state index in [0.717, 1.165) is 11.8 Å². The third-order valence-corrected chi connectivity index (χ3v) is 1.61. The van der Waals surface area contributed by atoms with Gasteiger partial charge in [0.1, 0.15) is 12.0 Å². The highest BCUT2D eigenvalue weighted by atomic mass is 16.5. The summed E-state index contributed by atoms with van der Waals surface area (Å²) in [7, 11) is 1.57. The molecule has 0 aliphatic heterocycles. The normalized spacial score (nSPS) is 9.08. The molecule has 0 saturated heterocycles. The molecule has 2 heteroatoms. The number of carbonyl (C=O) groups is 1. The number of benzene rings is 1. The van der Waals surface area contributed by atoms with Crippen molar-refractivity contribution in [1.82, 2.24) is 0 Å². The summed E-state index contributed by atoms with van der Waals surface area (Å²) in [5.41, 5.74) is 1.50. The summed E-state index contributed by atoms with van der Waals surface area (Å²) in [4.78, 5) is 10.4. The maximum atomic E-state index is 10.4. The molecule has 2 nitrogen and oxygen atoms in total. The van der Waals surface area contributed by atoms with E-state index in [0.29, 0.717) is 11.3 Å². The molecule has 0 bridgehead atoms. The zero-order chi connectivity index (χ0) is 8.97. The summed E-state index contributed by atoms with van der Waals surface area (Å²) in [5.74, 6) is 0.676. The lowest BCUT2D eigenvalue weighted by molar-refractivity contribution is 0.112. The van der Waals surface area contributed by atoms with Gasteiger partial charge in [0.25, 0.3) is 0 Å². The van der Waals surface area contributed by atoms with Crippen molar-refractivity contribution in [3.8, 4) is 5.75 Å². The Morgan fingerprint density at radius 1 is 1.50 bits per heavy atom. The molecule has 1 aromatic rings. The number of aldehydes is 1. The van der Waals surface area contributed by atoms with Crippen LogP contribution in [0.25, 0.3) is 6.08 Å². The van der Waals surface area contributed by atoms with E-state index in [1.807, 2.05) is 0 Å². The first kappa shape index (κ1) is 8.53. The topological polar surface area (TPSA) is 26.3 Å². The van der Waals surface area contributed by atoms with E-state index in [-0.39, 0.29) is 0 Å². The van der Waals surface area contributed by atoms with E-state index in [1.165, 1.54) is 0 Å². The van der Waals surface area contributed by atoms with Crippen LogP contribution in [0.15, 0.2) is 24.8 Å². The first-order chi connectivity index (χ1) is 5.81. The average molecular weight is 162 g/mol. The highest BCUT2D eigenvalue weighted by Gasteiger charge is 1.99. The van der Waals surface area contributed by atoms with Gasteiger partial charge >= 0.3 is 0 Å². The summed E-state index contributed by atoms with van der Waals surface area (Å²) >= 11 is 0. The van der Waals surface area contributed by atoms with Crippen molar-refractivity contribution in [2.24, 2.45) is 0 Å². The van der Waals surface area contributed by atoms with Gasteiger partial charge in [0.15, 0.2) is 0 Å². The van der Waals surface area contributed by atoms with Crippen LogP contribution in [0.2, 0.25) is 0 Å². The third-order valence-electron chi connectivity index (χ3n) is 1.61. The van der Waals surface area contributed by atoms with Crippen LogP contribution < -0.4 is 4.74 Å². The van der Waals surface area contributed by atoms with Crippen LogP contribution in [0, 0.1) is 0 Å². The van der Waals surface area contributed by atoms with Crippen molar-refractivity contribution in [1.29, 1.82) is 0 Å². The predicted octanol–water partition coefficient (Wildman–Crippen LogP) is 2.15. The van der Waals surface area contributed by atoms with Crippen LogP contribution in [0.4, 0.5) is 0 Å². The van der Waals surface area contributed by atoms with E-state index in [1.54, 1.807) is 31.4 Å². The van der Waals surface area contributed by atoms with Crippen molar-refractivity contribution in [2.45, 2.75) is 0 Å². The van der Waals surface area contributed by atoms with Gasteiger partial charge in [-0.2, -0.15) is 0 Å². The average Bonchev–Trinajstić information content (AvgIpc) is 2.16. The van der Waals surface area contributed by atoms with Gasteiger partial charge in [0.2, 0.25) is 0 Å². The Balaban J connectivity index is 3.18. The molecule has 0 atom stereocenters. The highest BCUT2D eigenvalue weighted by molar-refractivity contribution is 5.77. The molecule has 12 heavy (non-hydrogen) atoms. The number of hydrogen-bond donors (Lipinski definition) is 0. The van der Waals surface area contributed by atoms with Crippen molar-refractivity contribution in [3.63, 3.8) is 0 Å². The Bertz CT molecular complexity index is 303. The monoisotopic (exact) mass is 162 g/mol. The number of methoxy groups -OCH3 is 1. The molecule has 0 heterocycles. The van der Waals surface area contributed by atoms with Crippen LogP contribution >= 0.6 is 0 Å². The van der Waals surface area contributed by atoms with Gasteiger partial charge in [-0.3, -0.25) is 4.79 Å². The van der Waals surface area contributed by atoms with Gasteiger partial charge in [-0.25, -0.2) is 0 Å². The first-order valence-corrected chi connectivity index (χ1v) is 3.57. The van der Waals surface area contributed by atoms with Crippen molar-refractivity contribution >= 4 is 12.4 Å². The lowest BCUT2D eigenvalue weighted by Crippen LogP contribution is -1.88. The van der Waals surface area contributed by atoms with E-state index in [9.17, 15) is 4.79 Å². The molecule has 1 aromatic carbocycles. The van der Waals surface area contributed by atoms with Crippen molar-refractivity contribution in [3.05, 3.63) is 35.9 Å². The third kappa shape index (κ3) is 1.53. The van der Waals surface area contributed by atoms with Crippen LogP contribution in [0.5, 0.6) is 5.75 Å². The number of carbonyl (C=O) groups excluding carboxylic acids is 1. The molecule has 62 valence electrons. The molecule has 0 radical (unpaired) electrons. The molecule has 0 aliphatic carbocycles. The molecule has 0 spiro atoms. The fourth-order valence-corrected chi connectivity index (χ4v) is 0.970. The second-order valence-corrected chi connectivity index (χ2v) is 2.32. The lowest BCUT2D eigenvalue weighted by atomic mass is 10.1. The largest absolute Gasteiger partial charge is 0.496 e. The van der Waals surface area contributed by atoms with E-state index in [4.69, 9.17) is 4.74 Å². The molecule has 0 aliphatic rings. The van der Waals surface area contributed by atoms with Gasteiger partial charge in [-0.15, -0.1) is 0 Å². The van der Waals surface area contributed by atoms with Crippen LogP contribution in [0.1, 0.15) is 15.9 Å². The highest BCUT2D eigenvalue weighted by Crippen LogP contribution is 2.19. The first-order valence-electron chi connectivity index (χ1n) is 3.57. The van der Waals surface area contributed by atoms with Gasteiger partial charge in [0.05, 0.1) is 7.11 Å². The minimum Gasteiger partial charge on any atom is -0.496 e. The zero-order valence-electron chi connectivity index (χ0n) is 6.91. The van der Waals surface area contributed by atoms with Crippen molar-refractivity contribution < 1.29 is 9.53 Å². The Labute approximate surface area is 71.5 Å². The SMILES string of the molecule is C=Cc1ccc(C=O)cc1OC. The van der Waals surface area contributed by atoms with Gasteiger partial charge in [-0.1, -0.05) is 24.8 Å². The molecular formula is C10H10O2. The summed E-state index contributed by atoms with van der Waals surface area (Å²) < 4.78 is 5.05. The molecule has 0 N–H and O–H groups in total. The molecule has 0 fully saturated rings. The number of hydrogen-bond acceptors (Lipinski definition) is 2. The van der Waals surface area contributed by atoms with Crippen LogP contribution in [0.3, 0.4) is 0 Å². The van der Waals surface area contributed by atoms with Gasteiger partial charge in [0, 0.05) is 11.1 Å². The maximum Gasteiger partial charge on any atom is 0.150 e. The molecule has 0 saturated carbocycles. The van der Waals surface area contributed by atoms with Gasteiger partial charge in [-0.05, 0) is 6.07 Å². The molecule has 1 rings (SSSR count). The lowest BCUT2D eigenvalue weighted by Gasteiger charge is -2.03. The van der Waals surface area contributed by atoms with Crippen LogP contribution in [-0.4, -0.2) is 13.4 Å². The van der Waals surface area contributed by atoms with Crippen molar-refractivity contribution in [2.75, 3.05) is 7.11 Å². The Morgan fingerprint density at radius 3 is 2.75 bits per heavy atom. The number of rotatable bonds is 3. The van der Waals surface area contributed by atoms with E-state index >= 15 is 0 Å². The fourth-order valence-electron chi connectivity index (χ4n) is 0.970. The molecule has 0 amide bonds. The summed E-state index contributed by atoms with van der Waals surface area (Å²) in [6.45, 7) is 3.63. The quantitative estimate of drug-likeness (QED) is 0.636. The Hall–Kier alpha value is -1.57. The molecule has 0 aromatic heterocycles. The predicted molar refractivity (Wildman–Crippen MR) is 48.5 cm³/mol. The van der Waals surface area contributed by atoms with E-state index < -0.39 is 0 Å².